The normalized spacial score (nSPS) is 22.4. The fourth-order valence-electron chi connectivity index (χ4n) is 4.38. The van der Waals surface area contributed by atoms with Crippen LogP contribution in [0.1, 0.15) is 32.1 Å². The van der Waals surface area contributed by atoms with Crippen molar-refractivity contribution >= 4 is 23.1 Å². The number of piperidine rings is 2. The fraction of sp³-hybridized carbons (Fsp3) is 0.455. The summed E-state index contributed by atoms with van der Waals surface area (Å²) >= 11 is 0. The zero-order valence-electron chi connectivity index (χ0n) is 16.6. The minimum atomic E-state index is -0.428. The van der Waals surface area contributed by atoms with E-state index in [1.807, 2.05) is 17.2 Å². The molecule has 4 rings (SSSR count). The molecule has 1 amide bonds. The highest BCUT2D eigenvalue weighted by molar-refractivity contribution is 5.84. The van der Waals surface area contributed by atoms with Crippen molar-refractivity contribution in [2.75, 3.05) is 34.8 Å². The third-order valence-corrected chi connectivity index (χ3v) is 5.87. The molecule has 6 nitrogen and oxygen atoms in total. The van der Waals surface area contributed by atoms with Crippen LogP contribution in [0, 0.1) is 5.82 Å². The SMILES string of the molecule is NC(=O)[C@@H]1CC[C@H](Nc2cc(N3CCCCC3)ccn2)CN1c1cccc(F)c1. The van der Waals surface area contributed by atoms with Gasteiger partial charge in [-0.2, -0.15) is 0 Å². The van der Waals surface area contributed by atoms with Crippen molar-refractivity contribution in [3.8, 4) is 0 Å². The zero-order chi connectivity index (χ0) is 20.2. The Kier molecular flexibility index (Phi) is 5.83. The van der Waals surface area contributed by atoms with E-state index in [9.17, 15) is 9.18 Å². The lowest BCUT2D eigenvalue weighted by atomic mass is 9.96. The molecule has 2 aliphatic rings. The summed E-state index contributed by atoms with van der Waals surface area (Å²) in [4.78, 5) is 20.7. The van der Waals surface area contributed by atoms with Crippen molar-refractivity contribution in [1.29, 1.82) is 0 Å². The van der Waals surface area contributed by atoms with Gasteiger partial charge in [-0.25, -0.2) is 9.37 Å². The Morgan fingerprint density at radius 1 is 1.10 bits per heavy atom. The Balaban J connectivity index is 1.49. The summed E-state index contributed by atoms with van der Waals surface area (Å²) in [7, 11) is 0. The van der Waals surface area contributed by atoms with Crippen LogP contribution in [0.4, 0.5) is 21.6 Å². The molecule has 2 aromatic rings. The second-order valence-corrected chi connectivity index (χ2v) is 7.92. The molecule has 29 heavy (non-hydrogen) atoms. The van der Waals surface area contributed by atoms with E-state index >= 15 is 0 Å². The van der Waals surface area contributed by atoms with Crippen LogP contribution >= 0.6 is 0 Å². The molecule has 3 heterocycles. The number of amides is 1. The lowest BCUT2D eigenvalue weighted by Gasteiger charge is -2.40. The fourth-order valence-corrected chi connectivity index (χ4v) is 4.38. The second kappa shape index (κ2) is 8.68. The van der Waals surface area contributed by atoms with Gasteiger partial charge < -0.3 is 20.9 Å². The first-order chi connectivity index (χ1) is 14.1. The van der Waals surface area contributed by atoms with Gasteiger partial charge in [-0.1, -0.05) is 6.07 Å². The first-order valence-electron chi connectivity index (χ1n) is 10.4. The van der Waals surface area contributed by atoms with Crippen molar-refractivity contribution in [3.63, 3.8) is 0 Å². The summed E-state index contributed by atoms with van der Waals surface area (Å²) in [6.07, 6.45) is 7.01. The van der Waals surface area contributed by atoms with Crippen molar-refractivity contribution in [2.24, 2.45) is 5.73 Å². The van der Waals surface area contributed by atoms with E-state index < -0.39 is 6.04 Å². The van der Waals surface area contributed by atoms with Crippen molar-refractivity contribution in [1.82, 2.24) is 4.98 Å². The van der Waals surface area contributed by atoms with Crippen molar-refractivity contribution in [2.45, 2.75) is 44.2 Å². The van der Waals surface area contributed by atoms with Gasteiger partial charge in [-0.15, -0.1) is 0 Å². The van der Waals surface area contributed by atoms with Crippen LogP contribution in [0.2, 0.25) is 0 Å². The number of nitrogens with one attached hydrogen (secondary N) is 1. The third kappa shape index (κ3) is 4.60. The minimum absolute atomic E-state index is 0.0953. The summed E-state index contributed by atoms with van der Waals surface area (Å²) in [6, 6.07) is 10.1. The predicted molar refractivity (Wildman–Crippen MR) is 114 cm³/mol. The number of rotatable bonds is 5. The van der Waals surface area contributed by atoms with E-state index in [0.29, 0.717) is 18.7 Å². The number of nitrogens with zero attached hydrogens (tertiary/aromatic N) is 3. The Morgan fingerprint density at radius 3 is 2.69 bits per heavy atom. The van der Waals surface area contributed by atoms with Crippen LogP contribution in [0.25, 0.3) is 0 Å². The van der Waals surface area contributed by atoms with Crippen molar-refractivity contribution in [3.05, 3.63) is 48.4 Å². The summed E-state index contributed by atoms with van der Waals surface area (Å²) in [5, 5.41) is 3.51. The molecule has 0 bridgehead atoms. The first-order valence-corrected chi connectivity index (χ1v) is 10.4. The van der Waals surface area contributed by atoms with Crippen LogP contribution in [0.3, 0.4) is 0 Å². The number of halogens is 1. The minimum Gasteiger partial charge on any atom is -0.371 e. The van der Waals surface area contributed by atoms with Crippen LogP contribution in [-0.4, -0.2) is 42.6 Å². The van der Waals surface area contributed by atoms with E-state index in [1.54, 1.807) is 6.07 Å². The molecular weight excluding hydrogens is 369 g/mol. The number of carbonyl (C=O) groups is 1. The summed E-state index contributed by atoms with van der Waals surface area (Å²) in [5.41, 5.74) is 7.49. The lowest BCUT2D eigenvalue weighted by molar-refractivity contribution is -0.119. The zero-order valence-corrected chi connectivity index (χ0v) is 16.6. The Morgan fingerprint density at radius 2 is 1.93 bits per heavy atom. The standard InChI is InChI=1S/C22H28FN5O/c23-16-5-4-6-19(13-16)28-15-17(7-8-20(28)22(24)29)26-21-14-18(9-10-25-21)27-11-2-1-3-12-27/h4-6,9-10,13-14,17,20H,1-3,7-8,11-12,15H2,(H2,24,29)(H,25,26)/t17-,20-/m0/s1. The number of anilines is 3. The maximum Gasteiger partial charge on any atom is 0.240 e. The van der Waals surface area contributed by atoms with E-state index in [-0.39, 0.29) is 17.8 Å². The molecule has 2 saturated heterocycles. The highest BCUT2D eigenvalue weighted by Crippen LogP contribution is 2.28. The average Bonchev–Trinajstić information content (AvgIpc) is 2.74. The Labute approximate surface area is 170 Å². The predicted octanol–water partition coefficient (Wildman–Crippen LogP) is 3.15. The first kappa shape index (κ1) is 19.5. The number of aromatic nitrogens is 1. The van der Waals surface area contributed by atoms with Gasteiger partial charge in [-0.3, -0.25) is 4.79 Å². The van der Waals surface area contributed by atoms with Crippen LogP contribution < -0.4 is 20.9 Å². The van der Waals surface area contributed by atoms with Crippen LogP contribution in [0.5, 0.6) is 0 Å². The van der Waals surface area contributed by atoms with Gasteiger partial charge in [0.05, 0.1) is 0 Å². The molecule has 1 aromatic carbocycles. The van der Waals surface area contributed by atoms with E-state index in [1.165, 1.54) is 37.1 Å². The number of primary amides is 1. The maximum atomic E-state index is 13.7. The Hall–Kier alpha value is -2.83. The molecule has 3 N–H and O–H groups in total. The van der Waals surface area contributed by atoms with Gasteiger partial charge >= 0.3 is 0 Å². The van der Waals surface area contributed by atoms with Gasteiger partial charge in [0, 0.05) is 49.3 Å². The molecule has 0 spiro atoms. The number of nitrogens with two attached hydrogens (primary N) is 1. The highest BCUT2D eigenvalue weighted by atomic mass is 19.1. The number of pyridine rings is 1. The topological polar surface area (TPSA) is 74.5 Å². The van der Waals surface area contributed by atoms with E-state index in [0.717, 1.165) is 25.3 Å². The van der Waals surface area contributed by atoms with Crippen LogP contribution in [0.15, 0.2) is 42.6 Å². The van der Waals surface area contributed by atoms with Crippen molar-refractivity contribution < 1.29 is 9.18 Å². The van der Waals surface area contributed by atoms with Gasteiger partial charge in [-0.05, 0) is 56.4 Å². The molecule has 2 fully saturated rings. The second-order valence-electron chi connectivity index (χ2n) is 7.92. The summed E-state index contributed by atoms with van der Waals surface area (Å²) < 4.78 is 13.7. The third-order valence-electron chi connectivity index (χ3n) is 5.87. The molecule has 2 atom stereocenters. The number of hydrogen-bond donors (Lipinski definition) is 2. The molecule has 0 radical (unpaired) electrons. The highest BCUT2D eigenvalue weighted by Gasteiger charge is 2.32. The number of carbonyl (C=O) groups excluding carboxylic acids is 1. The number of hydrogen-bond acceptors (Lipinski definition) is 5. The molecule has 2 aliphatic heterocycles. The summed E-state index contributed by atoms with van der Waals surface area (Å²) in [6.45, 7) is 2.73. The van der Waals surface area contributed by atoms with Gasteiger partial charge in [0.2, 0.25) is 5.91 Å². The van der Waals surface area contributed by atoms with Gasteiger partial charge in [0.15, 0.2) is 0 Å². The monoisotopic (exact) mass is 397 g/mol. The Bertz CT molecular complexity index is 855. The molecule has 0 unspecified atom stereocenters. The van der Waals surface area contributed by atoms with E-state index in [4.69, 9.17) is 5.73 Å². The molecule has 7 heteroatoms. The molecular formula is C22H28FN5O. The molecule has 1 aromatic heterocycles. The van der Waals surface area contributed by atoms with E-state index in [2.05, 4.69) is 27.3 Å². The molecule has 0 saturated carbocycles. The van der Waals surface area contributed by atoms with Gasteiger partial charge in [0.1, 0.15) is 17.7 Å². The average molecular weight is 397 g/mol. The largest absolute Gasteiger partial charge is 0.371 e. The quantitative estimate of drug-likeness (QED) is 0.811. The van der Waals surface area contributed by atoms with Gasteiger partial charge in [0.25, 0.3) is 0 Å². The van der Waals surface area contributed by atoms with Crippen LogP contribution in [-0.2, 0) is 4.79 Å². The maximum absolute atomic E-state index is 13.7. The molecule has 154 valence electrons. The number of benzene rings is 1. The smallest absolute Gasteiger partial charge is 0.240 e. The lowest BCUT2D eigenvalue weighted by Crippen LogP contribution is -2.53. The summed E-state index contributed by atoms with van der Waals surface area (Å²) in [5.74, 6) is 0.129. The molecule has 0 aliphatic carbocycles.